The number of nitrogens with one attached hydrogen (secondary N) is 2. The van der Waals surface area contributed by atoms with Gasteiger partial charge in [0, 0.05) is 25.8 Å². The van der Waals surface area contributed by atoms with Crippen LogP contribution in [0.2, 0.25) is 0 Å². The number of hydrogen-bond acceptors (Lipinski definition) is 5. The van der Waals surface area contributed by atoms with Crippen molar-refractivity contribution in [2.45, 2.75) is 32.2 Å². The normalized spacial score (nSPS) is 25.2. The summed E-state index contributed by atoms with van der Waals surface area (Å²) in [5.41, 5.74) is 0. The minimum atomic E-state index is 0.116. The van der Waals surface area contributed by atoms with Crippen molar-refractivity contribution >= 4 is 17.7 Å². The quantitative estimate of drug-likeness (QED) is 0.858. The van der Waals surface area contributed by atoms with Gasteiger partial charge in [-0.15, -0.1) is 0 Å². The van der Waals surface area contributed by atoms with Crippen LogP contribution in [0.4, 0.5) is 11.8 Å². The molecule has 2 aliphatic heterocycles. The Morgan fingerprint density at radius 3 is 3.30 bits per heavy atom. The molecule has 2 N–H and O–H groups in total. The van der Waals surface area contributed by atoms with Crippen LogP contribution in [0, 0.1) is 5.92 Å². The Balaban J connectivity index is 1.79. The lowest BCUT2D eigenvalue weighted by Crippen LogP contribution is -2.46. The van der Waals surface area contributed by atoms with E-state index >= 15 is 0 Å². The van der Waals surface area contributed by atoms with E-state index in [2.05, 4.69) is 32.4 Å². The molecule has 0 spiro atoms. The molecule has 2 aliphatic rings. The molecule has 3 heterocycles. The van der Waals surface area contributed by atoms with Crippen LogP contribution in [0.1, 0.15) is 26.2 Å². The fourth-order valence-electron chi connectivity index (χ4n) is 3.07. The fourth-order valence-corrected chi connectivity index (χ4v) is 3.07. The smallest absolute Gasteiger partial charge is 0.225 e. The van der Waals surface area contributed by atoms with Gasteiger partial charge >= 0.3 is 0 Å². The summed E-state index contributed by atoms with van der Waals surface area (Å²) in [6.45, 7) is 4.67. The fraction of sp³-hybridized carbons (Fsp3) is 0.643. The van der Waals surface area contributed by atoms with Crippen LogP contribution in [0.25, 0.3) is 0 Å². The van der Waals surface area contributed by atoms with Crippen molar-refractivity contribution < 1.29 is 4.79 Å². The zero-order valence-corrected chi connectivity index (χ0v) is 11.8. The number of piperidine rings is 1. The molecule has 0 bridgehead atoms. The van der Waals surface area contributed by atoms with Crippen LogP contribution in [-0.4, -0.2) is 41.6 Å². The number of amides is 1. The molecular formula is C14H21N5O. The Hall–Kier alpha value is -1.85. The highest BCUT2D eigenvalue weighted by Gasteiger charge is 2.41. The zero-order chi connectivity index (χ0) is 13.9. The summed E-state index contributed by atoms with van der Waals surface area (Å²) in [7, 11) is 0. The number of anilines is 2. The molecular weight excluding hydrogens is 254 g/mol. The van der Waals surface area contributed by atoms with E-state index in [1.54, 1.807) is 6.20 Å². The lowest BCUT2D eigenvalue weighted by Gasteiger charge is -2.36. The molecule has 108 valence electrons. The highest BCUT2D eigenvalue weighted by atomic mass is 16.2. The van der Waals surface area contributed by atoms with Gasteiger partial charge in [0.05, 0.1) is 12.0 Å². The van der Waals surface area contributed by atoms with E-state index in [4.69, 9.17) is 0 Å². The van der Waals surface area contributed by atoms with Crippen molar-refractivity contribution in [3.63, 3.8) is 0 Å². The molecule has 2 saturated heterocycles. The first-order valence-electron chi connectivity index (χ1n) is 7.41. The van der Waals surface area contributed by atoms with Crippen molar-refractivity contribution in [1.29, 1.82) is 0 Å². The lowest BCUT2D eigenvalue weighted by molar-refractivity contribution is -0.122. The van der Waals surface area contributed by atoms with Gasteiger partial charge in [-0.2, -0.15) is 4.98 Å². The first kappa shape index (κ1) is 13.1. The van der Waals surface area contributed by atoms with Crippen molar-refractivity contribution in [2.75, 3.05) is 29.9 Å². The second kappa shape index (κ2) is 5.64. The third-order valence-corrected chi connectivity index (χ3v) is 4.07. The van der Waals surface area contributed by atoms with Gasteiger partial charge in [0.15, 0.2) is 0 Å². The number of nitrogens with zero attached hydrogens (tertiary/aromatic N) is 3. The topological polar surface area (TPSA) is 70.2 Å². The van der Waals surface area contributed by atoms with Crippen LogP contribution < -0.4 is 15.5 Å². The van der Waals surface area contributed by atoms with Gasteiger partial charge in [0.2, 0.25) is 11.9 Å². The molecule has 0 aliphatic carbocycles. The standard InChI is InChI=1S/C14H21N5O/c1-2-6-15-14-16-7-5-12(18-14)19-8-3-4-10-11(19)9-17-13(10)20/h5,7,10-11H,2-4,6,8-9H2,1H3,(H,17,20)(H,15,16,18). The third-order valence-electron chi connectivity index (χ3n) is 4.07. The molecule has 20 heavy (non-hydrogen) atoms. The average molecular weight is 275 g/mol. The van der Waals surface area contributed by atoms with Crippen molar-refractivity contribution in [3.8, 4) is 0 Å². The summed E-state index contributed by atoms with van der Waals surface area (Å²) in [6.07, 6.45) is 4.85. The molecule has 0 aromatic carbocycles. The Morgan fingerprint density at radius 2 is 2.45 bits per heavy atom. The van der Waals surface area contributed by atoms with Gasteiger partial charge in [-0.1, -0.05) is 6.92 Å². The molecule has 1 amide bonds. The largest absolute Gasteiger partial charge is 0.354 e. The van der Waals surface area contributed by atoms with Gasteiger partial charge in [0.1, 0.15) is 5.82 Å². The lowest BCUT2D eigenvalue weighted by atomic mass is 9.91. The monoisotopic (exact) mass is 275 g/mol. The Labute approximate surface area is 119 Å². The zero-order valence-electron chi connectivity index (χ0n) is 11.8. The first-order valence-corrected chi connectivity index (χ1v) is 7.41. The summed E-state index contributed by atoms with van der Waals surface area (Å²) in [5, 5.41) is 6.18. The first-order chi connectivity index (χ1) is 9.79. The van der Waals surface area contributed by atoms with Gasteiger partial charge in [-0.25, -0.2) is 4.98 Å². The Morgan fingerprint density at radius 1 is 1.55 bits per heavy atom. The molecule has 1 aromatic heterocycles. The van der Waals surface area contributed by atoms with Crippen LogP contribution in [0.15, 0.2) is 12.3 Å². The summed E-state index contributed by atoms with van der Waals surface area (Å²) in [5.74, 6) is 1.90. The molecule has 0 radical (unpaired) electrons. The van der Waals surface area contributed by atoms with E-state index in [-0.39, 0.29) is 17.9 Å². The molecule has 2 fully saturated rings. The predicted molar refractivity (Wildman–Crippen MR) is 77.7 cm³/mol. The molecule has 6 heteroatoms. The second-order valence-electron chi connectivity index (χ2n) is 5.42. The maximum absolute atomic E-state index is 11.8. The van der Waals surface area contributed by atoms with Gasteiger partial charge in [0.25, 0.3) is 0 Å². The van der Waals surface area contributed by atoms with Gasteiger partial charge in [-0.05, 0) is 25.3 Å². The molecule has 0 saturated carbocycles. The van der Waals surface area contributed by atoms with E-state index in [1.807, 2.05) is 6.07 Å². The molecule has 6 nitrogen and oxygen atoms in total. The predicted octanol–water partition coefficient (Wildman–Crippen LogP) is 1.01. The average Bonchev–Trinajstić information content (AvgIpc) is 2.87. The number of carbonyl (C=O) groups excluding carboxylic acids is 1. The van der Waals surface area contributed by atoms with Crippen molar-refractivity contribution in [3.05, 3.63) is 12.3 Å². The molecule has 1 aromatic rings. The van der Waals surface area contributed by atoms with Crippen LogP contribution in [0.3, 0.4) is 0 Å². The highest BCUT2D eigenvalue weighted by molar-refractivity contribution is 5.83. The number of carbonyl (C=O) groups is 1. The van der Waals surface area contributed by atoms with Crippen molar-refractivity contribution in [2.24, 2.45) is 5.92 Å². The summed E-state index contributed by atoms with van der Waals surface area (Å²) < 4.78 is 0. The minimum absolute atomic E-state index is 0.116. The SMILES string of the molecule is CCCNc1nccc(N2CCCC3C(=O)NCC32)n1. The summed E-state index contributed by atoms with van der Waals surface area (Å²) in [4.78, 5) is 22.9. The van der Waals surface area contributed by atoms with E-state index in [1.165, 1.54) is 0 Å². The van der Waals surface area contributed by atoms with E-state index in [0.29, 0.717) is 5.95 Å². The second-order valence-corrected chi connectivity index (χ2v) is 5.42. The maximum atomic E-state index is 11.8. The number of hydrogen-bond donors (Lipinski definition) is 2. The van der Waals surface area contributed by atoms with Gasteiger partial charge < -0.3 is 15.5 Å². The number of fused-ring (bicyclic) bond motifs is 1. The van der Waals surface area contributed by atoms with Crippen LogP contribution >= 0.6 is 0 Å². The van der Waals surface area contributed by atoms with E-state index in [0.717, 1.165) is 44.7 Å². The van der Waals surface area contributed by atoms with Crippen molar-refractivity contribution in [1.82, 2.24) is 15.3 Å². The Bertz CT molecular complexity index is 492. The minimum Gasteiger partial charge on any atom is -0.354 e. The molecule has 2 atom stereocenters. The molecule has 3 rings (SSSR count). The number of aromatic nitrogens is 2. The number of rotatable bonds is 4. The summed E-state index contributed by atoms with van der Waals surface area (Å²) in [6, 6.07) is 2.17. The van der Waals surface area contributed by atoms with Crippen LogP contribution in [0.5, 0.6) is 0 Å². The highest BCUT2D eigenvalue weighted by Crippen LogP contribution is 2.30. The van der Waals surface area contributed by atoms with E-state index in [9.17, 15) is 4.79 Å². The summed E-state index contributed by atoms with van der Waals surface area (Å²) >= 11 is 0. The van der Waals surface area contributed by atoms with Gasteiger partial charge in [-0.3, -0.25) is 4.79 Å². The maximum Gasteiger partial charge on any atom is 0.225 e. The van der Waals surface area contributed by atoms with E-state index < -0.39 is 0 Å². The third kappa shape index (κ3) is 2.42. The van der Waals surface area contributed by atoms with Crippen LogP contribution in [-0.2, 0) is 4.79 Å². The Kier molecular flexibility index (Phi) is 3.71. The molecule has 2 unspecified atom stereocenters.